The van der Waals surface area contributed by atoms with Gasteiger partial charge in [-0.05, 0) is 45.9 Å². The summed E-state index contributed by atoms with van der Waals surface area (Å²) in [6.07, 6.45) is -0.845. The Hall–Kier alpha value is -1.80. The number of alkyl halides is 2. The number of aliphatic hydroxyl groups is 1. The molecule has 7 nitrogen and oxygen atoms in total. The van der Waals surface area contributed by atoms with E-state index in [0.717, 1.165) is 6.08 Å². The molecule has 0 aromatic heterocycles. The molecular weight excluding hydrogens is 395 g/mol. The number of hydrogen-bond donors (Lipinski definition) is 2. The summed E-state index contributed by atoms with van der Waals surface area (Å²) in [6, 6.07) is 6.61. The van der Waals surface area contributed by atoms with Gasteiger partial charge in [0.25, 0.3) is 5.85 Å². The third-order valence-electron chi connectivity index (χ3n) is 3.25. The summed E-state index contributed by atoms with van der Waals surface area (Å²) >= 11 is 0. The lowest BCUT2D eigenvalue weighted by Gasteiger charge is -2.26. The van der Waals surface area contributed by atoms with Crippen LogP contribution in [-0.2, 0) is 18.6 Å². The van der Waals surface area contributed by atoms with Crippen molar-refractivity contribution in [3.8, 4) is 5.75 Å². The highest BCUT2D eigenvalue weighted by atomic mass is 31.2. The van der Waals surface area contributed by atoms with Crippen LogP contribution < -0.4 is 9.61 Å². The van der Waals surface area contributed by atoms with Crippen LogP contribution >= 0.6 is 7.75 Å². The molecule has 4 atom stereocenters. The van der Waals surface area contributed by atoms with Crippen molar-refractivity contribution in [3.05, 3.63) is 42.5 Å². The zero-order valence-electron chi connectivity index (χ0n) is 16.2. The molecule has 158 valence electrons. The van der Waals surface area contributed by atoms with Crippen molar-refractivity contribution in [2.24, 2.45) is 0 Å². The van der Waals surface area contributed by atoms with E-state index in [-0.39, 0.29) is 5.75 Å². The molecule has 0 saturated heterocycles. The third-order valence-corrected chi connectivity index (χ3v) is 4.87. The molecule has 0 fully saturated rings. The molecule has 3 unspecified atom stereocenters. The highest BCUT2D eigenvalue weighted by molar-refractivity contribution is 7.52. The molecule has 0 saturated carbocycles. The first kappa shape index (κ1) is 24.2. The summed E-state index contributed by atoms with van der Waals surface area (Å²) in [4.78, 5) is 12.0. The highest BCUT2D eigenvalue weighted by Crippen LogP contribution is 2.46. The van der Waals surface area contributed by atoms with E-state index in [9.17, 15) is 23.2 Å². The Balaban J connectivity index is 2.97. The molecule has 1 aromatic rings. The Morgan fingerprint density at radius 2 is 1.93 bits per heavy atom. The van der Waals surface area contributed by atoms with Gasteiger partial charge in [-0.1, -0.05) is 24.3 Å². The fraction of sp³-hybridized carbons (Fsp3) is 0.500. The summed E-state index contributed by atoms with van der Waals surface area (Å²) in [5.41, 5.74) is 0. The number of para-hydroxylation sites is 1. The Morgan fingerprint density at radius 1 is 1.32 bits per heavy atom. The van der Waals surface area contributed by atoms with Crippen molar-refractivity contribution in [2.75, 3.05) is 6.61 Å². The number of hydrogen-bond acceptors (Lipinski definition) is 6. The number of carbonyl (C=O) groups excluding carboxylic acids is 1. The van der Waals surface area contributed by atoms with Crippen LogP contribution in [0, 0.1) is 0 Å². The standard InChI is InChI=1S/C18H26F2NO6P/c1-5-9-16(19)18(20,23)12-25-28(24,27-15-10-7-6-8-11-15)21-14(4)17(22)26-13(2)3/h5-11,13-14,16,23H,12H2,1-4H3,(H,21,24)/t14?,16-,18?,28?/m0/s1. The lowest BCUT2D eigenvalue weighted by Crippen LogP contribution is -2.41. The summed E-state index contributed by atoms with van der Waals surface area (Å²) in [6.45, 7) is 4.74. The number of allylic oxidation sites excluding steroid dienone is 1. The number of benzene rings is 1. The van der Waals surface area contributed by atoms with E-state index >= 15 is 0 Å². The maximum Gasteiger partial charge on any atom is 0.459 e. The van der Waals surface area contributed by atoms with E-state index in [1.807, 2.05) is 0 Å². The maximum atomic E-state index is 14.1. The van der Waals surface area contributed by atoms with Gasteiger partial charge >= 0.3 is 13.7 Å². The van der Waals surface area contributed by atoms with E-state index in [4.69, 9.17) is 13.8 Å². The number of rotatable bonds is 11. The second-order valence-corrected chi connectivity index (χ2v) is 7.95. The van der Waals surface area contributed by atoms with Crippen molar-refractivity contribution in [3.63, 3.8) is 0 Å². The van der Waals surface area contributed by atoms with Crippen LogP contribution in [0.4, 0.5) is 8.78 Å². The third kappa shape index (κ3) is 8.06. The number of halogens is 2. The molecule has 0 aliphatic heterocycles. The number of ether oxygens (including phenoxy) is 1. The maximum absolute atomic E-state index is 14.1. The first-order chi connectivity index (χ1) is 13.0. The van der Waals surface area contributed by atoms with Crippen molar-refractivity contribution >= 4 is 13.7 Å². The van der Waals surface area contributed by atoms with E-state index in [0.29, 0.717) is 0 Å². The zero-order valence-corrected chi connectivity index (χ0v) is 17.1. The number of esters is 1. The average molecular weight is 421 g/mol. The molecule has 1 aromatic carbocycles. The summed E-state index contributed by atoms with van der Waals surface area (Å²) in [5, 5.41) is 11.9. The summed E-state index contributed by atoms with van der Waals surface area (Å²) in [7, 11) is -4.39. The van der Waals surface area contributed by atoms with Crippen LogP contribution in [0.2, 0.25) is 0 Å². The second-order valence-electron chi connectivity index (χ2n) is 6.26. The molecular formula is C18H26F2NO6P. The molecule has 0 bridgehead atoms. The van der Waals surface area contributed by atoms with Crippen LogP contribution in [0.25, 0.3) is 0 Å². The van der Waals surface area contributed by atoms with Crippen LogP contribution in [0.15, 0.2) is 42.5 Å². The minimum atomic E-state index is -4.39. The molecule has 0 spiro atoms. The Bertz CT molecular complexity index is 699. The van der Waals surface area contributed by atoms with Crippen molar-refractivity contribution in [2.45, 2.75) is 51.9 Å². The molecule has 1 rings (SSSR count). The average Bonchev–Trinajstić information content (AvgIpc) is 2.60. The Labute approximate surface area is 163 Å². The minimum Gasteiger partial charge on any atom is -0.462 e. The van der Waals surface area contributed by atoms with E-state index < -0.39 is 44.5 Å². The van der Waals surface area contributed by atoms with Gasteiger partial charge in [0.2, 0.25) is 0 Å². The normalized spacial score (nSPS) is 18.3. The van der Waals surface area contributed by atoms with Gasteiger partial charge < -0.3 is 14.4 Å². The Kier molecular flexibility index (Phi) is 9.23. The van der Waals surface area contributed by atoms with Gasteiger partial charge in [-0.25, -0.2) is 13.3 Å². The lowest BCUT2D eigenvalue weighted by molar-refractivity contribution is -0.153. The smallest absolute Gasteiger partial charge is 0.459 e. The predicted octanol–water partition coefficient (Wildman–Crippen LogP) is 3.69. The van der Waals surface area contributed by atoms with Crippen LogP contribution in [0.3, 0.4) is 0 Å². The van der Waals surface area contributed by atoms with Gasteiger partial charge in [0.15, 0.2) is 6.17 Å². The van der Waals surface area contributed by atoms with Crippen molar-refractivity contribution in [1.82, 2.24) is 5.09 Å². The van der Waals surface area contributed by atoms with E-state index in [2.05, 4.69) is 5.09 Å². The lowest BCUT2D eigenvalue weighted by atomic mass is 10.2. The first-order valence-electron chi connectivity index (χ1n) is 8.65. The Morgan fingerprint density at radius 3 is 2.46 bits per heavy atom. The topological polar surface area (TPSA) is 94.1 Å². The SMILES string of the molecule is CC=C[C@H](F)C(O)(F)COP(=O)(NC(C)C(=O)OC(C)C)Oc1ccccc1. The van der Waals surface area contributed by atoms with Gasteiger partial charge in [-0.3, -0.25) is 9.32 Å². The predicted molar refractivity (Wildman–Crippen MR) is 100 cm³/mol. The van der Waals surface area contributed by atoms with Gasteiger partial charge in [0.05, 0.1) is 6.10 Å². The van der Waals surface area contributed by atoms with Crippen LogP contribution in [0.1, 0.15) is 27.7 Å². The second kappa shape index (κ2) is 10.7. The van der Waals surface area contributed by atoms with E-state index in [1.165, 1.54) is 32.1 Å². The molecule has 10 heteroatoms. The molecule has 0 amide bonds. The van der Waals surface area contributed by atoms with E-state index in [1.54, 1.807) is 32.0 Å². The molecule has 0 aliphatic rings. The summed E-state index contributed by atoms with van der Waals surface area (Å²) in [5.74, 6) is -4.11. The van der Waals surface area contributed by atoms with Gasteiger partial charge in [-0.2, -0.15) is 5.09 Å². The monoisotopic (exact) mass is 421 g/mol. The van der Waals surface area contributed by atoms with Crippen LogP contribution in [0.5, 0.6) is 5.75 Å². The molecule has 28 heavy (non-hydrogen) atoms. The van der Waals surface area contributed by atoms with Crippen molar-refractivity contribution < 1.29 is 37.0 Å². The van der Waals surface area contributed by atoms with Crippen LogP contribution in [-0.4, -0.2) is 41.9 Å². The first-order valence-corrected chi connectivity index (χ1v) is 10.2. The largest absolute Gasteiger partial charge is 0.462 e. The molecule has 0 aliphatic carbocycles. The van der Waals surface area contributed by atoms with Crippen molar-refractivity contribution in [1.29, 1.82) is 0 Å². The van der Waals surface area contributed by atoms with Gasteiger partial charge in [-0.15, -0.1) is 0 Å². The minimum absolute atomic E-state index is 0.0930. The number of carbonyl (C=O) groups is 1. The number of nitrogens with one attached hydrogen (secondary N) is 1. The van der Waals surface area contributed by atoms with Gasteiger partial charge in [0, 0.05) is 0 Å². The molecule has 0 heterocycles. The molecule has 2 N–H and O–H groups in total. The quantitative estimate of drug-likeness (QED) is 0.320. The molecule has 0 radical (unpaired) electrons. The summed E-state index contributed by atoms with van der Waals surface area (Å²) < 4.78 is 56.0. The van der Waals surface area contributed by atoms with Gasteiger partial charge in [0.1, 0.15) is 18.4 Å². The fourth-order valence-corrected chi connectivity index (χ4v) is 3.42. The fourth-order valence-electron chi connectivity index (χ4n) is 1.91. The highest BCUT2D eigenvalue weighted by Gasteiger charge is 2.41. The zero-order chi connectivity index (χ0) is 21.4.